The second-order valence-corrected chi connectivity index (χ2v) is 6.38. The van der Waals surface area contributed by atoms with E-state index in [-0.39, 0.29) is 22.7 Å². The van der Waals surface area contributed by atoms with Crippen molar-refractivity contribution in [1.82, 2.24) is 9.80 Å². The predicted molar refractivity (Wildman–Crippen MR) is 91.0 cm³/mol. The SMILES string of the molecule is COC1(OC)CCN(C(=O)CN2C(=O)c3ccc([N+](=O)[O-])cc3C2=O)CC1. The molecular weight excluding hydrogens is 358 g/mol. The van der Waals surface area contributed by atoms with Gasteiger partial charge >= 0.3 is 0 Å². The number of piperidine rings is 1. The van der Waals surface area contributed by atoms with Gasteiger partial charge in [-0.2, -0.15) is 0 Å². The largest absolute Gasteiger partial charge is 0.353 e. The number of likely N-dealkylation sites (tertiary alicyclic amines) is 1. The summed E-state index contributed by atoms with van der Waals surface area (Å²) in [4.78, 5) is 50.0. The van der Waals surface area contributed by atoms with E-state index in [9.17, 15) is 24.5 Å². The molecule has 144 valence electrons. The molecule has 0 spiro atoms. The van der Waals surface area contributed by atoms with Gasteiger partial charge in [-0.25, -0.2) is 0 Å². The molecule has 3 rings (SSSR count). The van der Waals surface area contributed by atoms with Gasteiger partial charge in [-0.3, -0.25) is 29.4 Å². The number of non-ortho nitro benzene ring substituents is 1. The van der Waals surface area contributed by atoms with E-state index in [2.05, 4.69) is 0 Å². The Kier molecular flexibility index (Phi) is 4.94. The zero-order valence-electron chi connectivity index (χ0n) is 15.0. The number of carbonyl (C=O) groups is 3. The number of methoxy groups -OCH3 is 2. The van der Waals surface area contributed by atoms with Crippen LogP contribution in [-0.2, 0) is 14.3 Å². The molecule has 1 aromatic carbocycles. The molecule has 2 heterocycles. The van der Waals surface area contributed by atoms with Crippen molar-refractivity contribution in [3.63, 3.8) is 0 Å². The Labute approximate surface area is 154 Å². The van der Waals surface area contributed by atoms with Crippen molar-refractivity contribution >= 4 is 23.4 Å². The maximum absolute atomic E-state index is 12.5. The summed E-state index contributed by atoms with van der Waals surface area (Å²) in [5.41, 5.74) is -0.275. The van der Waals surface area contributed by atoms with Crippen molar-refractivity contribution < 1.29 is 28.8 Å². The smallest absolute Gasteiger partial charge is 0.270 e. The monoisotopic (exact) mass is 377 g/mol. The van der Waals surface area contributed by atoms with Crippen LogP contribution >= 0.6 is 0 Å². The molecule has 0 radical (unpaired) electrons. The van der Waals surface area contributed by atoms with E-state index in [1.165, 1.54) is 6.07 Å². The van der Waals surface area contributed by atoms with Gasteiger partial charge in [0.15, 0.2) is 5.79 Å². The minimum Gasteiger partial charge on any atom is -0.353 e. The van der Waals surface area contributed by atoms with E-state index in [4.69, 9.17) is 9.47 Å². The number of imide groups is 1. The Balaban J connectivity index is 1.70. The molecule has 0 saturated carbocycles. The van der Waals surface area contributed by atoms with Crippen LogP contribution in [0.4, 0.5) is 5.69 Å². The Morgan fingerprint density at radius 3 is 2.30 bits per heavy atom. The molecule has 1 aromatic rings. The number of nitro benzene ring substituents is 1. The summed E-state index contributed by atoms with van der Waals surface area (Å²) in [5, 5.41) is 10.9. The molecule has 0 aliphatic carbocycles. The average molecular weight is 377 g/mol. The lowest BCUT2D eigenvalue weighted by atomic mass is 10.0. The van der Waals surface area contributed by atoms with E-state index < -0.39 is 29.1 Å². The highest BCUT2D eigenvalue weighted by Gasteiger charge is 2.40. The Morgan fingerprint density at radius 2 is 1.74 bits per heavy atom. The molecular formula is C17H19N3O7. The number of nitrogens with zero attached hydrogens (tertiary/aromatic N) is 3. The number of carbonyl (C=O) groups excluding carboxylic acids is 3. The Hall–Kier alpha value is -2.85. The van der Waals surface area contributed by atoms with Crippen LogP contribution in [0, 0.1) is 10.1 Å². The molecule has 0 aromatic heterocycles. The molecule has 0 bridgehead atoms. The summed E-state index contributed by atoms with van der Waals surface area (Å²) >= 11 is 0. The first-order valence-corrected chi connectivity index (χ1v) is 8.34. The van der Waals surface area contributed by atoms with Crippen molar-refractivity contribution in [3.8, 4) is 0 Å². The van der Waals surface area contributed by atoms with Gasteiger partial charge in [-0.05, 0) is 6.07 Å². The molecule has 0 atom stereocenters. The molecule has 10 nitrogen and oxygen atoms in total. The first-order chi connectivity index (χ1) is 12.8. The number of nitro groups is 1. The summed E-state index contributed by atoms with van der Waals surface area (Å²) in [6, 6.07) is 3.46. The van der Waals surface area contributed by atoms with Gasteiger partial charge in [0.05, 0.1) is 16.1 Å². The van der Waals surface area contributed by atoms with E-state index in [1.54, 1.807) is 19.1 Å². The Morgan fingerprint density at radius 1 is 1.15 bits per heavy atom. The third-order valence-corrected chi connectivity index (χ3v) is 5.08. The summed E-state index contributed by atoms with van der Waals surface area (Å²) in [6.45, 7) is 0.331. The highest BCUT2D eigenvalue weighted by Crippen LogP contribution is 2.28. The van der Waals surface area contributed by atoms with Gasteiger partial charge in [-0.1, -0.05) is 0 Å². The fourth-order valence-corrected chi connectivity index (χ4v) is 3.36. The van der Waals surface area contributed by atoms with Gasteiger partial charge in [0.25, 0.3) is 17.5 Å². The van der Waals surface area contributed by atoms with Crippen molar-refractivity contribution in [3.05, 3.63) is 39.4 Å². The second kappa shape index (κ2) is 7.05. The van der Waals surface area contributed by atoms with Crippen molar-refractivity contribution in [2.45, 2.75) is 18.6 Å². The molecule has 1 saturated heterocycles. The molecule has 1 fully saturated rings. The zero-order valence-corrected chi connectivity index (χ0v) is 15.0. The quantitative estimate of drug-likeness (QED) is 0.322. The third kappa shape index (κ3) is 3.28. The Bertz CT molecular complexity index is 809. The van der Waals surface area contributed by atoms with Gasteiger partial charge in [-0.15, -0.1) is 0 Å². The van der Waals surface area contributed by atoms with E-state index >= 15 is 0 Å². The molecule has 27 heavy (non-hydrogen) atoms. The predicted octanol–water partition coefficient (Wildman–Crippen LogP) is 0.802. The lowest BCUT2D eigenvalue weighted by Gasteiger charge is -2.39. The zero-order chi connectivity index (χ0) is 19.8. The molecule has 2 aliphatic rings. The summed E-state index contributed by atoms with van der Waals surface area (Å²) in [5.74, 6) is -2.43. The van der Waals surface area contributed by atoms with Gasteiger partial charge in [0.2, 0.25) is 5.91 Å². The normalized spacial score (nSPS) is 18.6. The summed E-state index contributed by atoms with van der Waals surface area (Å²) < 4.78 is 10.7. The van der Waals surface area contributed by atoms with Crippen molar-refractivity contribution in [1.29, 1.82) is 0 Å². The van der Waals surface area contributed by atoms with Crippen LogP contribution in [0.3, 0.4) is 0 Å². The molecule has 10 heteroatoms. The highest BCUT2D eigenvalue weighted by atomic mass is 16.7. The third-order valence-electron chi connectivity index (χ3n) is 5.08. The van der Waals surface area contributed by atoms with Crippen LogP contribution in [0.2, 0.25) is 0 Å². The maximum Gasteiger partial charge on any atom is 0.270 e. The van der Waals surface area contributed by atoms with E-state index in [0.29, 0.717) is 25.9 Å². The van der Waals surface area contributed by atoms with Crippen LogP contribution in [0.5, 0.6) is 0 Å². The second-order valence-electron chi connectivity index (χ2n) is 6.38. The maximum atomic E-state index is 12.5. The van der Waals surface area contributed by atoms with E-state index in [1.807, 2.05) is 0 Å². The van der Waals surface area contributed by atoms with E-state index in [0.717, 1.165) is 17.0 Å². The molecule has 0 unspecified atom stereocenters. The van der Waals surface area contributed by atoms with Crippen LogP contribution in [0.15, 0.2) is 18.2 Å². The van der Waals surface area contributed by atoms with Crippen LogP contribution in [0.25, 0.3) is 0 Å². The van der Waals surface area contributed by atoms with Crippen LogP contribution < -0.4 is 0 Å². The van der Waals surface area contributed by atoms with Gasteiger partial charge < -0.3 is 14.4 Å². The fraction of sp³-hybridized carbons (Fsp3) is 0.471. The van der Waals surface area contributed by atoms with Gasteiger partial charge in [0, 0.05) is 52.3 Å². The molecule has 0 N–H and O–H groups in total. The summed E-state index contributed by atoms with van der Waals surface area (Å²) in [7, 11) is 3.08. The number of ether oxygens (including phenoxy) is 2. The standard InChI is InChI=1S/C17H19N3O7/c1-26-17(27-2)5-7-18(8-6-17)14(21)10-19-15(22)12-4-3-11(20(24)25)9-13(12)16(19)23/h3-4,9H,5-8,10H2,1-2H3. The summed E-state index contributed by atoms with van der Waals surface area (Å²) in [6.07, 6.45) is 0.945. The van der Waals surface area contributed by atoms with Crippen molar-refractivity contribution in [2.75, 3.05) is 33.9 Å². The number of benzene rings is 1. The van der Waals surface area contributed by atoms with Crippen LogP contribution in [0.1, 0.15) is 33.6 Å². The molecule has 3 amide bonds. The van der Waals surface area contributed by atoms with Crippen molar-refractivity contribution in [2.24, 2.45) is 0 Å². The molecule has 2 aliphatic heterocycles. The minimum atomic E-state index is -0.731. The number of fused-ring (bicyclic) bond motifs is 1. The van der Waals surface area contributed by atoms with Gasteiger partial charge in [0.1, 0.15) is 6.54 Å². The first-order valence-electron chi connectivity index (χ1n) is 8.34. The number of hydrogen-bond donors (Lipinski definition) is 0. The topological polar surface area (TPSA) is 119 Å². The highest BCUT2D eigenvalue weighted by molar-refractivity contribution is 6.22. The minimum absolute atomic E-state index is 0.0570. The lowest BCUT2D eigenvalue weighted by molar-refractivity contribution is -0.384. The fourth-order valence-electron chi connectivity index (χ4n) is 3.36. The lowest BCUT2D eigenvalue weighted by Crippen LogP contribution is -2.51. The number of rotatable bonds is 5. The number of amides is 3. The number of hydrogen-bond acceptors (Lipinski definition) is 7. The average Bonchev–Trinajstić information content (AvgIpc) is 2.92. The van der Waals surface area contributed by atoms with Crippen LogP contribution in [-0.4, -0.2) is 72.1 Å². The first kappa shape index (κ1) is 18.9.